The maximum absolute atomic E-state index is 13.1. The van der Waals surface area contributed by atoms with Crippen LogP contribution >= 0.6 is 15.6 Å². The maximum atomic E-state index is 13.1. The molecule has 17 nitrogen and oxygen atoms in total. The molecule has 0 rings (SSSR count). The molecule has 0 aliphatic heterocycles. The minimum atomic E-state index is -4.96. The van der Waals surface area contributed by atoms with Crippen molar-refractivity contribution in [3.05, 3.63) is 0 Å². The second-order valence-electron chi connectivity index (χ2n) is 30.9. The highest BCUT2D eigenvalue weighted by Gasteiger charge is 2.30. The summed E-state index contributed by atoms with van der Waals surface area (Å²) in [7, 11) is -9.92. The van der Waals surface area contributed by atoms with Crippen molar-refractivity contribution in [2.24, 2.45) is 0 Å². The molecule has 19 heteroatoms. The fraction of sp³-hybridized carbons (Fsp3) is 0.953. The van der Waals surface area contributed by atoms with Crippen LogP contribution in [0.3, 0.4) is 0 Å². The van der Waals surface area contributed by atoms with Crippen LogP contribution in [0.15, 0.2) is 0 Å². The minimum absolute atomic E-state index is 0.109. The Kier molecular flexibility index (Phi) is 78.6. The van der Waals surface area contributed by atoms with Gasteiger partial charge in [0.05, 0.1) is 26.4 Å². The van der Waals surface area contributed by atoms with E-state index in [-0.39, 0.29) is 25.7 Å². The van der Waals surface area contributed by atoms with E-state index in [0.717, 1.165) is 89.9 Å². The van der Waals surface area contributed by atoms with E-state index in [2.05, 4.69) is 27.7 Å². The highest BCUT2D eigenvalue weighted by atomic mass is 31.2. The van der Waals surface area contributed by atoms with Gasteiger partial charge in [0.25, 0.3) is 0 Å². The van der Waals surface area contributed by atoms with E-state index < -0.39 is 97.5 Å². The fourth-order valence-corrected chi connectivity index (χ4v) is 15.1. The van der Waals surface area contributed by atoms with E-state index >= 15 is 0 Å². The van der Waals surface area contributed by atoms with E-state index in [4.69, 9.17) is 37.0 Å². The lowest BCUT2D eigenvalue weighted by atomic mass is 10.0. The van der Waals surface area contributed by atoms with Gasteiger partial charge in [0.1, 0.15) is 19.3 Å². The van der Waals surface area contributed by atoms with Crippen LogP contribution in [0, 0.1) is 0 Å². The number of hydrogen-bond acceptors (Lipinski definition) is 15. The predicted molar refractivity (Wildman–Crippen MR) is 432 cm³/mol. The Hall–Kier alpha value is -1.94. The summed E-state index contributed by atoms with van der Waals surface area (Å²) in [6.45, 7) is 5.04. The van der Waals surface area contributed by atoms with Gasteiger partial charge in [-0.15, -0.1) is 0 Å². The number of esters is 4. The quantitative estimate of drug-likeness (QED) is 0.0222. The summed E-state index contributed by atoms with van der Waals surface area (Å²) in [5.74, 6) is -2.10. The van der Waals surface area contributed by atoms with Crippen molar-refractivity contribution in [1.82, 2.24) is 0 Å². The summed E-state index contributed by atoms with van der Waals surface area (Å²) in [6.07, 6.45) is 75.1. The Morgan fingerprint density at radius 2 is 0.381 bits per heavy atom. The number of aliphatic hydroxyl groups is 1. The minimum Gasteiger partial charge on any atom is -0.462 e. The second-order valence-corrected chi connectivity index (χ2v) is 33.8. The number of carbonyl (C=O) groups is 4. The molecule has 5 atom stereocenters. The summed E-state index contributed by atoms with van der Waals surface area (Å²) in [5.41, 5.74) is 0. The molecule has 0 fully saturated rings. The van der Waals surface area contributed by atoms with Crippen LogP contribution < -0.4 is 0 Å². The molecule has 0 heterocycles. The molecule has 0 aromatic carbocycles. The van der Waals surface area contributed by atoms with Crippen LogP contribution in [-0.2, 0) is 65.4 Å². The number of carbonyl (C=O) groups excluding carboxylic acids is 4. The van der Waals surface area contributed by atoms with Crippen molar-refractivity contribution in [3.8, 4) is 0 Å². The molecule has 105 heavy (non-hydrogen) atoms. The molecule has 0 bridgehead atoms. The number of phosphoric ester groups is 2. The molecule has 624 valence electrons. The Balaban J connectivity index is 5.19. The lowest BCUT2D eigenvalue weighted by molar-refractivity contribution is -0.161. The average Bonchev–Trinajstić information content (AvgIpc) is 0.907. The van der Waals surface area contributed by atoms with Crippen molar-refractivity contribution in [1.29, 1.82) is 0 Å². The molecule has 0 aromatic rings. The summed E-state index contributed by atoms with van der Waals surface area (Å²) in [6, 6.07) is 0. The lowest BCUT2D eigenvalue weighted by Crippen LogP contribution is -2.30. The molecule has 0 radical (unpaired) electrons. The molecule has 0 aromatic heterocycles. The molecular weight excluding hydrogens is 1370 g/mol. The smallest absolute Gasteiger partial charge is 0.462 e. The monoisotopic (exact) mass is 1540 g/mol. The Morgan fingerprint density at radius 3 is 0.562 bits per heavy atom. The normalized spacial score (nSPS) is 13.7. The van der Waals surface area contributed by atoms with Crippen molar-refractivity contribution in [2.45, 2.75) is 489 Å². The lowest BCUT2D eigenvalue weighted by Gasteiger charge is -2.21. The molecule has 0 saturated heterocycles. The van der Waals surface area contributed by atoms with Gasteiger partial charge in [0, 0.05) is 25.7 Å². The first-order chi connectivity index (χ1) is 51.2. The third kappa shape index (κ3) is 79.9. The standard InChI is InChI=1S/C86H168O17P2/c1-5-9-13-17-21-25-29-32-34-36-38-40-42-44-46-49-51-55-59-63-67-71-84(89)97-77-82(103-86(91)73-69-65-61-57-53-50-47-45-43-41-39-37-35-33-30-26-22-18-14-10-6-2)79-101-105(94,95)99-75-80(87)74-98-104(92,93)100-78-81(76-96-83(88)70-66-62-58-54-28-24-20-16-12-8-4)102-85(90)72-68-64-60-56-52-48-31-27-23-19-15-11-7-3/h80-82,87H,5-79H2,1-4H3,(H,92,93)(H,94,95)/t80-,81+,82+/m0/s1. The van der Waals surface area contributed by atoms with Crippen molar-refractivity contribution in [2.75, 3.05) is 39.6 Å². The zero-order valence-corrected chi connectivity index (χ0v) is 70.5. The van der Waals surface area contributed by atoms with Gasteiger partial charge in [-0.2, -0.15) is 0 Å². The van der Waals surface area contributed by atoms with Gasteiger partial charge in [0.2, 0.25) is 0 Å². The first kappa shape index (κ1) is 103. The van der Waals surface area contributed by atoms with E-state index in [1.54, 1.807) is 0 Å². The molecule has 0 amide bonds. The van der Waals surface area contributed by atoms with Crippen LogP contribution in [0.2, 0.25) is 0 Å². The first-order valence-corrected chi connectivity index (χ1v) is 47.8. The van der Waals surface area contributed by atoms with E-state index in [1.807, 2.05) is 0 Å². The van der Waals surface area contributed by atoms with Gasteiger partial charge in [-0.05, 0) is 25.7 Å². The van der Waals surface area contributed by atoms with Gasteiger partial charge in [-0.3, -0.25) is 37.3 Å². The third-order valence-corrected chi connectivity index (χ3v) is 22.3. The third-order valence-electron chi connectivity index (χ3n) is 20.4. The van der Waals surface area contributed by atoms with Crippen molar-refractivity contribution < 1.29 is 80.2 Å². The average molecular weight is 1540 g/mol. The summed E-state index contributed by atoms with van der Waals surface area (Å²) < 4.78 is 68.8. The van der Waals surface area contributed by atoms with Gasteiger partial charge in [-0.1, -0.05) is 419 Å². The zero-order chi connectivity index (χ0) is 76.7. The van der Waals surface area contributed by atoms with Crippen LogP contribution in [0.5, 0.6) is 0 Å². The van der Waals surface area contributed by atoms with Gasteiger partial charge < -0.3 is 33.8 Å². The number of unbranched alkanes of at least 4 members (excludes halogenated alkanes) is 61. The van der Waals surface area contributed by atoms with Gasteiger partial charge in [0.15, 0.2) is 12.2 Å². The molecule has 0 saturated carbocycles. The van der Waals surface area contributed by atoms with Crippen molar-refractivity contribution in [3.63, 3.8) is 0 Å². The number of aliphatic hydroxyl groups excluding tert-OH is 1. The summed E-state index contributed by atoms with van der Waals surface area (Å²) >= 11 is 0. The predicted octanol–water partition coefficient (Wildman–Crippen LogP) is 26.5. The first-order valence-electron chi connectivity index (χ1n) is 44.8. The Bertz CT molecular complexity index is 1980. The van der Waals surface area contributed by atoms with E-state index in [9.17, 15) is 43.2 Å². The van der Waals surface area contributed by atoms with Crippen LogP contribution in [0.25, 0.3) is 0 Å². The van der Waals surface area contributed by atoms with E-state index in [1.165, 1.54) is 302 Å². The fourth-order valence-electron chi connectivity index (χ4n) is 13.5. The number of ether oxygens (including phenoxy) is 4. The maximum Gasteiger partial charge on any atom is 0.472 e. The molecule has 0 spiro atoms. The summed E-state index contributed by atoms with van der Waals surface area (Å²) in [4.78, 5) is 73.1. The largest absolute Gasteiger partial charge is 0.472 e. The number of rotatable bonds is 87. The molecule has 0 aliphatic carbocycles. The Morgan fingerprint density at radius 1 is 0.229 bits per heavy atom. The SMILES string of the molecule is CCCCCCCCCCCCCCCCCCCCCCCC(=O)OC[C@H](COP(=O)(O)OC[C@@H](O)COP(=O)(O)OC[C@@H](COC(=O)CCCCCCCCCCCC)OC(=O)CCCCCCCCCCCCCCC)OC(=O)CCCCCCCCCCCCCCCCCCCCCCC. The molecule has 3 N–H and O–H groups in total. The topological polar surface area (TPSA) is 237 Å². The van der Waals surface area contributed by atoms with Crippen LogP contribution in [-0.4, -0.2) is 96.7 Å². The molecule has 2 unspecified atom stereocenters. The number of phosphoric acid groups is 2. The highest BCUT2D eigenvalue weighted by Crippen LogP contribution is 2.45. The Labute approximate surface area is 645 Å². The van der Waals surface area contributed by atoms with Crippen molar-refractivity contribution >= 4 is 39.5 Å². The summed E-state index contributed by atoms with van der Waals surface area (Å²) in [5, 5.41) is 10.7. The van der Waals surface area contributed by atoms with Gasteiger partial charge in [-0.25, -0.2) is 9.13 Å². The van der Waals surface area contributed by atoms with E-state index in [0.29, 0.717) is 25.7 Å². The molecular formula is C86H168O17P2. The number of hydrogen-bond donors (Lipinski definition) is 3. The highest BCUT2D eigenvalue weighted by molar-refractivity contribution is 7.47. The zero-order valence-electron chi connectivity index (χ0n) is 68.7. The van der Waals surface area contributed by atoms with Crippen LogP contribution in [0.4, 0.5) is 0 Å². The second kappa shape index (κ2) is 80.1. The molecule has 0 aliphatic rings. The van der Waals surface area contributed by atoms with Gasteiger partial charge >= 0.3 is 39.5 Å². The van der Waals surface area contributed by atoms with Crippen LogP contribution in [0.1, 0.15) is 471 Å².